The largest absolute Gasteiger partial charge is 0.312 e. The maximum Gasteiger partial charge on any atom is 0.209 e. The van der Waals surface area contributed by atoms with E-state index >= 15 is 0 Å². The number of rotatable bonds is 4. The average Bonchev–Trinajstić information content (AvgIpc) is 2.75. The first-order valence-electron chi connectivity index (χ1n) is 8.49. The standard InChI is InChI=1S/C23H13Cl2N3O/c24-19-8-4-16(5-9-19)13-22(23(29)17-6-10-20(25)11-7-17)28-12-2-1-3-21(28)18(14-26)15-27/h1-13H/b22-13-. The van der Waals surface area contributed by atoms with E-state index in [0.717, 1.165) is 5.56 Å². The number of Topliss-reactive ketones (excluding diaryl/α,β-unsaturated/α-hetero) is 1. The summed E-state index contributed by atoms with van der Waals surface area (Å²) < 4.78 is 0. The normalized spacial score (nSPS) is 13.0. The van der Waals surface area contributed by atoms with Gasteiger partial charge in [-0.25, -0.2) is 0 Å². The van der Waals surface area contributed by atoms with Gasteiger partial charge in [-0.3, -0.25) is 4.79 Å². The van der Waals surface area contributed by atoms with E-state index < -0.39 is 0 Å². The molecule has 29 heavy (non-hydrogen) atoms. The fraction of sp³-hybridized carbons (Fsp3) is 0. The Balaban J connectivity index is 2.17. The summed E-state index contributed by atoms with van der Waals surface area (Å²) in [6, 6.07) is 17.3. The van der Waals surface area contributed by atoms with Crippen molar-refractivity contribution in [3.8, 4) is 12.1 Å². The van der Waals surface area contributed by atoms with Crippen LogP contribution in [0, 0.1) is 22.7 Å². The van der Waals surface area contributed by atoms with Crippen LogP contribution in [-0.2, 0) is 0 Å². The van der Waals surface area contributed by atoms with Gasteiger partial charge in [-0.15, -0.1) is 0 Å². The number of carbonyl (C=O) groups is 1. The van der Waals surface area contributed by atoms with E-state index in [4.69, 9.17) is 23.2 Å². The van der Waals surface area contributed by atoms with Crippen LogP contribution in [0.4, 0.5) is 0 Å². The zero-order chi connectivity index (χ0) is 20.8. The van der Waals surface area contributed by atoms with Crippen LogP contribution < -0.4 is 0 Å². The van der Waals surface area contributed by atoms with Gasteiger partial charge in [0.05, 0.1) is 11.4 Å². The molecular formula is C23H13Cl2N3O. The summed E-state index contributed by atoms with van der Waals surface area (Å²) in [4.78, 5) is 14.9. The van der Waals surface area contributed by atoms with Gasteiger partial charge >= 0.3 is 0 Å². The van der Waals surface area contributed by atoms with Gasteiger partial charge in [-0.1, -0.05) is 41.4 Å². The molecule has 2 aromatic carbocycles. The fourth-order valence-corrected chi connectivity index (χ4v) is 2.96. The van der Waals surface area contributed by atoms with Crippen molar-refractivity contribution in [3.63, 3.8) is 0 Å². The molecule has 0 unspecified atom stereocenters. The quantitative estimate of drug-likeness (QED) is 0.352. The Kier molecular flexibility index (Phi) is 6.32. The molecule has 1 aliphatic heterocycles. The topological polar surface area (TPSA) is 67.9 Å². The summed E-state index contributed by atoms with van der Waals surface area (Å²) in [5.41, 5.74) is 1.65. The van der Waals surface area contributed by atoms with Crippen molar-refractivity contribution in [2.75, 3.05) is 0 Å². The van der Waals surface area contributed by atoms with E-state index in [2.05, 4.69) is 0 Å². The van der Waals surface area contributed by atoms with Crippen molar-refractivity contribution < 1.29 is 4.79 Å². The molecule has 0 spiro atoms. The zero-order valence-electron chi connectivity index (χ0n) is 15.0. The lowest BCUT2D eigenvalue weighted by molar-refractivity contribution is 0.101. The Bertz CT molecular complexity index is 1130. The van der Waals surface area contributed by atoms with E-state index in [1.165, 1.54) is 4.90 Å². The zero-order valence-corrected chi connectivity index (χ0v) is 16.5. The number of nitrogens with zero attached hydrogens (tertiary/aromatic N) is 3. The number of benzene rings is 2. The van der Waals surface area contributed by atoms with Crippen LogP contribution in [0.5, 0.6) is 0 Å². The molecule has 0 atom stereocenters. The van der Waals surface area contributed by atoms with Crippen molar-refractivity contribution in [1.82, 2.24) is 4.90 Å². The van der Waals surface area contributed by atoms with Gasteiger partial charge in [0.15, 0.2) is 5.57 Å². The molecule has 0 saturated carbocycles. The molecule has 140 valence electrons. The van der Waals surface area contributed by atoms with Gasteiger partial charge in [0.25, 0.3) is 0 Å². The molecular weight excluding hydrogens is 405 g/mol. The van der Waals surface area contributed by atoms with Gasteiger partial charge in [0.1, 0.15) is 12.1 Å². The Morgan fingerprint density at radius 1 is 0.897 bits per heavy atom. The lowest BCUT2D eigenvalue weighted by Crippen LogP contribution is -2.24. The highest BCUT2D eigenvalue weighted by molar-refractivity contribution is 6.31. The number of hydrogen-bond acceptors (Lipinski definition) is 4. The smallest absolute Gasteiger partial charge is 0.209 e. The van der Waals surface area contributed by atoms with Gasteiger partial charge in [0, 0.05) is 21.8 Å². The predicted octanol–water partition coefficient (Wildman–Crippen LogP) is 5.90. The van der Waals surface area contributed by atoms with Gasteiger partial charge in [-0.2, -0.15) is 10.5 Å². The molecule has 0 amide bonds. The minimum atomic E-state index is -0.288. The molecule has 0 radical (unpaired) electrons. The average molecular weight is 418 g/mol. The van der Waals surface area contributed by atoms with Crippen LogP contribution in [0.3, 0.4) is 0 Å². The highest BCUT2D eigenvalue weighted by atomic mass is 35.5. The minimum absolute atomic E-state index is 0.100. The molecule has 0 fully saturated rings. The van der Waals surface area contributed by atoms with E-state index in [1.54, 1.807) is 79.0 Å². The number of nitriles is 2. The lowest BCUT2D eigenvalue weighted by atomic mass is 10.0. The van der Waals surface area contributed by atoms with Crippen molar-refractivity contribution in [2.24, 2.45) is 0 Å². The van der Waals surface area contributed by atoms with Crippen molar-refractivity contribution >= 4 is 35.1 Å². The lowest BCUT2D eigenvalue weighted by Gasteiger charge is -2.26. The van der Waals surface area contributed by atoms with Crippen LogP contribution in [0.25, 0.3) is 6.08 Å². The first-order valence-corrected chi connectivity index (χ1v) is 9.25. The van der Waals surface area contributed by atoms with E-state index in [9.17, 15) is 15.3 Å². The second-order valence-corrected chi connectivity index (χ2v) is 6.84. The molecule has 4 nitrogen and oxygen atoms in total. The molecule has 0 N–H and O–H groups in total. The summed E-state index contributed by atoms with van der Waals surface area (Å²) in [7, 11) is 0. The van der Waals surface area contributed by atoms with Crippen molar-refractivity contribution in [1.29, 1.82) is 10.5 Å². The monoisotopic (exact) mass is 417 g/mol. The van der Waals surface area contributed by atoms with E-state index in [-0.39, 0.29) is 17.1 Å². The van der Waals surface area contributed by atoms with Crippen molar-refractivity contribution in [2.45, 2.75) is 0 Å². The summed E-state index contributed by atoms with van der Waals surface area (Å²) in [6.45, 7) is 0. The number of allylic oxidation sites excluding steroid dienone is 5. The summed E-state index contributed by atoms with van der Waals surface area (Å²) in [5, 5.41) is 19.8. The predicted molar refractivity (Wildman–Crippen MR) is 114 cm³/mol. The van der Waals surface area contributed by atoms with Gasteiger partial charge in [0.2, 0.25) is 5.78 Å². The molecule has 0 bridgehead atoms. The number of halogens is 2. The Hall–Kier alpha value is -3.57. The first-order chi connectivity index (χ1) is 14.0. The number of carbonyl (C=O) groups excluding carboxylic acids is 1. The van der Waals surface area contributed by atoms with E-state index in [0.29, 0.717) is 21.3 Å². The third kappa shape index (κ3) is 4.65. The fourth-order valence-electron chi connectivity index (χ4n) is 2.71. The Morgan fingerprint density at radius 2 is 1.48 bits per heavy atom. The summed E-state index contributed by atoms with van der Waals surface area (Å²) in [6.07, 6.45) is 8.36. The summed E-state index contributed by atoms with van der Waals surface area (Å²) >= 11 is 11.9. The molecule has 0 saturated heterocycles. The molecule has 3 rings (SSSR count). The van der Waals surface area contributed by atoms with Gasteiger partial charge < -0.3 is 4.90 Å². The van der Waals surface area contributed by atoms with Gasteiger partial charge in [-0.05, 0) is 60.2 Å². The SMILES string of the molecule is N#CC(C#N)=C1C=CC=CN1/C(=C\c1ccc(Cl)cc1)C(=O)c1ccc(Cl)cc1. The van der Waals surface area contributed by atoms with Crippen LogP contribution in [0.1, 0.15) is 15.9 Å². The molecule has 2 aromatic rings. The maximum absolute atomic E-state index is 13.3. The summed E-state index contributed by atoms with van der Waals surface area (Å²) in [5.74, 6) is -0.288. The van der Waals surface area contributed by atoms with E-state index in [1.807, 2.05) is 12.1 Å². The molecule has 6 heteroatoms. The van der Waals surface area contributed by atoms with Crippen LogP contribution in [0.2, 0.25) is 10.0 Å². The second kappa shape index (κ2) is 9.08. The second-order valence-electron chi connectivity index (χ2n) is 5.97. The molecule has 1 aliphatic rings. The molecule has 0 aromatic heterocycles. The maximum atomic E-state index is 13.3. The Labute approximate surface area is 178 Å². The van der Waals surface area contributed by atoms with Crippen LogP contribution >= 0.6 is 23.2 Å². The molecule has 1 heterocycles. The first kappa shape index (κ1) is 20.2. The van der Waals surface area contributed by atoms with Crippen LogP contribution in [0.15, 0.2) is 89.9 Å². The van der Waals surface area contributed by atoms with Crippen LogP contribution in [-0.4, -0.2) is 10.7 Å². The highest BCUT2D eigenvalue weighted by Gasteiger charge is 2.23. The molecule has 0 aliphatic carbocycles. The highest BCUT2D eigenvalue weighted by Crippen LogP contribution is 2.27. The minimum Gasteiger partial charge on any atom is -0.312 e. The van der Waals surface area contributed by atoms with Crippen molar-refractivity contribution in [3.05, 3.63) is 111 Å². The third-order valence-electron chi connectivity index (χ3n) is 4.11. The Morgan fingerprint density at radius 3 is 2.07 bits per heavy atom. The third-order valence-corrected chi connectivity index (χ3v) is 4.62. The number of ketones is 1. The number of hydrogen-bond donors (Lipinski definition) is 0.